The normalized spacial score (nSPS) is 15.7. The van der Waals surface area contributed by atoms with Gasteiger partial charge in [-0.25, -0.2) is 8.42 Å². The second-order valence-electron chi connectivity index (χ2n) is 6.35. The molecule has 0 aromatic carbocycles. The van der Waals surface area contributed by atoms with Gasteiger partial charge < -0.3 is 15.0 Å². The summed E-state index contributed by atoms with van der Waals surface area (Å²) in [5.41, 5.74) is 0.445. The number of rotatable bonds is 6. The van der Waals surface area contributed by atoms with Crippen LogP contribution in [0.1, 0.15) is 12.6 Å². The van der Waals surface area contributed by atoms with Gasteiger partial charge in [-0.05, 0) is 18.8 Å². The fourth-order valence-electron chi connectivity index (χ4n) is 3.01. The van der Waals surface area contributed by atoms with Crippen molar-refractivity contribution in [3.05, 3.63) is 34.3 Å². The van der Waals surface area contributed by atoms with Gasteiger partial charge in [-0.3, -0.25) is 9.48 Å². The van der Waals surface area contributed by atoms with Crippen molar-refractivity contribution in [2.75, 3.05) is 26.2 Å². The minimum absolute atomic E-state index is 0.136. The van der Waals surface area contributed by atoms with Crippen LogP contribution in [0.4, 0.5) is 5.82 Å². The van der Waals surface area contributed by atoms with E-state index in [4.69, 9.17) is 0 Å². The van der Waals surface area contributed by atoms with Crippen molar-refractivity contribution in [1.29, 1.82) is 0 Å². The van der Waals surface area contributed by atoms with Crippen molar-refractivity contribution < 1.29 is 18.1 Å². The fourth-order valence-corrected chi connectivity index (χ4v) is 4.60. The van der Waals surface area contributed by atoms with E-state index >= 15 is 0 Å². The lowest BCUT2D eigenvalue weighted by atomic mass is 10.3. The van der Waals surface area contributed by atoms with Gasteiger partial charge in [-0.15, -0.1) is 0 Å². The first-order chi connectivity index (χ1) is 13.2. The number of aromatic nitrogens is 4. The smallest absolute Gasteiger partial charge is 0.358 e. The highest BCUT2D eigenvalue weighted by Gasteiger charge is 2.32. The third kappa shape index (κ3) is 3.89. The molecule has 2 aromatic rings. The van der Waals surface area contributed by atoms with Gasteiger partial charge in [0.2, 0.25) is 15.9 Å². The summed E-state index contributed by atoms with van der Waals surface area (Å²) >= 11 is 0. The van der Waals surface area contributed by atoms with Gasteiger partial charge in [-0.2, -0.15) is 14.1 Å². The number of nitrogens with zero attached hydrogens (tertiary/aromatic N) is 7. The molecule has 1 aliphatic rings. The van der Waals surface area contributed by atoms with Gasteiger partial charge in [0, 0.05) is 38.9 Å². The van der Waals surface area contributed by atoms with E-state index in [1.54, 1.807) is 11.6 Å². The Morgan fingerprint density at radius 2 is 1.89 bits per heavy atom. The monoisotopic (exact) mass is 411 g/mol. The molecule has 0 radical (unpaired) electrons. The number of aryl methyl sites for hydroxylation is 2. The first-order valence-electron chi connectivity index (χ1n) is 8.72. The number of carbonyl (C=O) groups excluding carboxylic acids is 1. The summed E-state index contributed by atoms with van der Waals surface area (Å²) in [5, 5.41) is 18.6. The molecule has 0 atom stereocenters. The summed E-state index contributed by atoms with van der Waals surface area (Å²) in [6.07, 6.45) is 2.89. The molecule has 0 N–H and O–H groups in total. The van der Waals surface area contributed by atoms with E-state index in [-0.39, 0.29) is 49.3 Å². The third-order valence-corrected chi connectivity index (χ3v) is 6.55. The van der Waals surface area contributed by atoms with Crippen LogP contribution >= 0.6 is 0 Å². The molecule has 2 aromatic heterocycles. The summed E-state index contributed by atoms with van der Waals surface area (Å²) in [6, 6.07) is 1.22. The maximum atomic E-state index is 12.9. The number of piperazine rings is 1. The van der Waals surface area contributed by atoms with Crippen molar-refractivity contribution in [3.8, 4) is 0 Å². The second kappa shape index (κ2) is 7.67. The van der Waals surface area contributed by atoms with Crippen LogP contribution < -0.4 is 0 Å². The molecule has 3 heterocycles. The zero-order chi connectivity index (χ0) is 20.5. The Balaban J connectivity index is 1.62. The molecule has 13 heteroatoms. The second-order valence-corrected chi connectivity index (χ2v) is 8.25. The third-order valence-electron chi connectivity index (χ3n) is 4.55. The Morgan fingerprint density at radius 1 is 1.21 bits per heavy atom. The summed E-state index contributed by atoms with van der Waals surface area (Å²) in [6.45, 7) is 4.79. The lowest BCUT2D eigenvalue weighted by Gasteiger charge is -2.33. The highest BCUT2D eigenvalue weighted by atomic mass is 32.2. The maximum absolute atomic E-state index is 12.9. The molecule has 0 saturated carbocycles. The molecule has 28 heavy (non-hydrogen) atoms. The number of amides is 1. The lowest BCUT2D eigenvalue weighted by molar-refractivity contribution is -0.389. The zero-order valence-corrected chi connectivity index (χ0v) is 16.4. The Labute approximate surface area is 161 Å². The zero-order valence-electron chi connectivity index (χ0n) is 15.6. The number of nitro groups is 1. The highest BCUT2D eigenvalue weighted by molar-refractivity contribution is 7.89. The van der Waals surface area contributed by atoms with Gasteiger partial charge in [0.25, 0.3) is 0 Å². The molecule has 152 valence electrons. The average Bonchev–Trinajstić information content (AvgIpc) is 3.28. The standard InChI is InChI=1S/C15H21N7O5S/c1-3-19-10-13(12(2)16-19)28(26,27)21-8-6-18(7-9-21)15(23)11-20-5-4-14(17-20)22(24)25/h4-5,10H,3,6-9,11H2,1-2H3. The summed E-state index contributed by atoms with van der Waals surface area (Å²) in [5.74, 6) is -0.600. The maximum Gasteiger partial charge on any atom is 0.389 e. The first kappa shape index (κ1) is 19.9. The van der Waals surface area contributed by atoms with E-state index in [1.165, 1.54) is 32.3 Å². The van der Waals surface area contributed by atoms with Crippen molar-refractivity contribution in [1.82, 2.24) is 28.8 Å². The van der Waals surface area contributed by atoms with Gasteiger partial charge in [0.15, 0.2) is 0 Å². The largest absolute Gasteiger partial charge is 0.389 e. The van der Waals surface area contributed by atoms with Crippen molar-refractivity contribution in [3.63, 3.8) is 0 Å². The van der Waals surface area contributed by atoms with E-state index in [2.05, 4.69) is 10.2 Å². The average molecular weight is 411 g/mol. The van der Waals surface area contributed by atoms with Crippen LogP contribution in [0.15, 0.2) is 23.4 Å². The summed E-state index contributed by atoms with van der Waals surface area (Å²) in [7, 11) is -3.68. The molecule has 0 unspecified atom stereocenters. The summed E-state index contributed by atoms with van der Waals surface area (Å²) < 4.78 is 29.8. The van der Waals surface area contributed by atoms with Gasteiger partial charge >= 0.3 is 5.82 Å². The van der Waals surface area contributed by atoms with Crippen LogP contribution in [0.25, 0.3) is 0 Å². The number of sulfonamides is 1. The molecule has 1 aliphatic heterocycles. The topological polar surface area (TPSA) is 136 Å². The molecule has 1 saturated heterocycles. The van der Waals surface area contributed by atoms with E-state index in [9.17, 15) is 23.3 Å². The van der Waals surface area contributed by atoms with Crippen LogP contribution in [-0.2, 0) is 27.9 Å². The Morgan fingerprint density at radius 3 is 2.43 bits per heavy atom. The van der Waals surface area contributed by atoms with Gasteiger partial charge in [0.05, 0.1) is 23.1 Å². The minimum Gasteiger partial charge on any atom is -0.358 e. The first-order valence-corrected chi connectivity index (χ1v) is 10.2. The molecule has 3 rings (SSSR count). The molecule has 1 fully saturated rings. The molecule has 1 amide bonds. The van der Waals surface area contributed by atoms with E-state index in [0.717, 1.165) is 0 Å². The van der Waals surface area contributed by atoms with Crippen LogP contribution in [0.2, 0.25) is 0 Å². The summed E-state index contributed by atoms with van der Waals surface area (Å²) in [4.78, 5) is 24.1. The lowest BCUT2D eigenvalue weighted by Crippen LogP contribution is -2.51. The predicted octanol–water partition coefficient (Wildman–Crippen LogP) is -0.151. The van der Waals surface area contributed by atoms with E-state index in [1.807, 2.05) is 6.92 Å². The van der Waals surface area contributed by atoms with Crippen molar-refractivity contribution in [2.24, 2.45) is 0 Å². The SMILES string of the molecule is CCn1cc(S(=O)(=O)N2CCN(C(=O)Cn3ccc([N+](=O)[O-])n3)CC2)c(C)n1. The fraction of sp³-hybridized carbons (Fsp3) is 0.533. The molecule has 0 spiro atoms. The Kier molecular flexibility index (Phi) is 5.47. The number of hydrogen-bond donors (Lipinski definition) is 0. The van der Waals surface area contributed by atoms with Gasteiger partial charge in [-0.1, -0.05) is 0 Å². The van der Waals surface area contributed by atoms with Crippen LogP contribution in [-0.4, -0.2) is 74.2 Å². The molecule has 0 bridgehead atoms. The number of carbonyl (C=O) groups is 1. The van der Waals surface area contributed by atoms with Crippen molar-refractivity contribution >= 4 is 21.7 Å². The van der Waals surface area contributed by atoms with Crippen LogP contribution in [0, 0.1) is 17.0 Å². The molecular formula is C15H21N7O5S. The highest BCUT2D eigenvalue weighted by Crippen LogP contribution is 2.20. The van der Waals surface area contributed by atoms with Crippen LogP contribution in [0.3, 0.4) is 0 Å². The quantitative estimate of drug-likeness (QED) is 0.476. The number of hydrogen-bond acceptors (Lipinski definition) is 7. The molecule has 12 nitrogen and oxygen atoms in total. The predicted molar refractivity (Wildman–Crippen MR) is 96.9 cm³/mol. The molecular weight excluding hydrogens is 390 g/mol. The molecule has 0 aliphatic carbocycles. The van der Waals surface area contributed by atoms with E-state index < -0.39 is 14.9 Å². The van der Waals surface area contributed by atoms with Crippen LogP contribution in [0.5, 0.6) is 0 Å². The van der Waals surface area contributed by atoms with E-state index in [0.29, 0.717) is 12.2 Å². The van der Waals surface area contributed by atoms with Gasteiger partial charge in [0.1, 0.15) is 11.4 Å². The Bertz CT molecular complexity index is 988. The Hall–Kier alpha value is -2.80. The van der Waals surface area contributed by atoms with Crippen molar-refractivity contribution in [2.45, 2.75) is 31.8 Å². The minimum atomic E-state index is -3.68.